The van der Waals surface area contributed by atoms with Crippen LogP contribution in [-0.4, -0.2) is 14.2 Å². The van der Waals surface area contributed by atoms with Crippen molar-refractivity contribution in [2.75, 3.05) is 14.2 Å². The summed E-state index contributed by atoms with van der Waals surface area (Å²) in [6, 6.07) is 39.2. The maximum absolute atomic E-state index is 6.32. The summed E-state index contributed by atoms with van der Waals surface area (Å²) in [6.45, 7) is 27.7. The molecule has 0 saturated heterocycles. The van der Waals surface area contributed by atoms with Crippen molar-refractivity contribution < 1.29 is 9.47 Å². The predicted molar refractivity (Wildman–Crippen MR) is 233 cm³/mol. The van der Waals surface area contributed by atoms with Crippen LogP contribution in [-0.2, 0) is 21.7 Å². The lowest BCUT2D eigenvalue weighted by Crippen LogP contribution is -2.29. The fourth-order valence-corrected chi connectivity index (χ4v) is 10.3. The smallest absolute Gasteiger partial charge is 0.126 e. The van der Waals surface area contributed by atoms with Crippen LogP contribution in [0.5, 0.6) is 11.5 Å². The Bertz CT molecular complexity index is 2140. The molecule has 0 aliphatic carbocycles. The summed E-state index contributed by atoms with van der Waals surface area (Å²) in [7, 11) is 2.55. The zero-order chi connectivity index (χ0) is 38.7. The first kappa shape index (κ1) is 38.6. The minimum absolute atomic E-state index is 0.142. The molecule has 0 aliphatic rings. The highest BCUT2D eigenvalue weighted by atomic mass is 31.1. The van der Waals surface area contributed by atoms with Crippen molar-refractivity contribution in [2.24, 2.45) is 0 Å². The van der Waals surface area contributed by atoms with Gasteiger partial charge in [-0.15, -0.1) is 0 Å². The van der Waals surface area contributed by atoms with Gasteiger partial charge in [-0.2, -0.15) is 0 Å². The van der Waals surface area contributed by atoms with Crippen LogP contribution in [0.1, 0.15) is 105 Å². The van der Waals surface area contributed by atoms with E-state index < -0.39 is 7.92 Å². The average Bonchev–Trinajstić information content (AvgIpc) is 3.09. The zero-order valence-corrected chi connectivity index (χ0v) is 35.5. The number of rotatable bonds is 6. The Morgan fingerprint density at radius 3 is 1.21 bits per heavy atom. The standard InChI is InChI=1S/C50H59O2P/c1-47(2,3)39-28-34(29-40(45(39)51-13)48(4,5)6)53(35-30-41(49(7,8)9)46(52-14)42(31-35)50(10,11)12)43-27-26-33-21-16-18-24-37(33)44(43)38-25-19-22-32-20-15-17-23-36(32)38/h15-31H,1-14H3. The second kappa shape index (κ2) is 13.9. The Morgan fingerprint density at radius 1 is 0.415 bits per heavy atom. The number of hydrogen-bond donors (Lipinski definition) is 0. The van der Waals surface area contributed by atoms with Gasteiger partial charge in [-0.3, -0.25) is 0 Å². The highest BCUT2D eigenvalue weighted by Crippen LogP contribution is 2.48. The van der Waals surface area contributed by atoms with E-state index in [0.29, 0.717) is 0 Å². The molecule has 2 nitrogen and oxygen atoms in total. The number of hydrogen-bond acceptors (Lipinski definition) is 2. The molecular formula is C50H59O2P. The maximum atomic E-state index is 6.32. The van der Waals surface area contributed by atoms with Crippen LogP contribution in [0.2, 0.25) is 0 Å². The molecule has 0 N–H and O–H groups in total. The second-order valence-electron chi connectivity index (χ2n) is 18.7. The first-order chi connectivity index (χ1) is 24.8. The monoisotopic (exact) mass is 722 g/mol. The molecule has 0 amide bonds. The van der Waals surface area contributed by atoms with Gasteiger partial charge >= 0.3 is 0 Å². The van der Waals surface area contributed by atoms with Crippen molar-refractivity contribution in [1.29, 1.82) is 0 Å². The van der Waals surface area contributed by atoms with Crippen LogP contribution < -0.4 is 25.4 Å². The van der Waals surface area contributed by atoms with Gasteiger partial charge in [0, 0.05) is 22.3 Å². The van der Waals surface area contributed by atoms with Crippen molar-refractivity contribution in [3.8, 4) is 22.6 Å². The summed E-state index contributed by atoms with van der Waals surface area (Å²) in [4.78, 5) is 0. The van der Waals surface area contributed by atoms with Crippen LogP contribution in [0, 0.1) is 0 Å². The first-order valence-electron chi connectivity index (χ1n) is 19.0. The Kier molecular flexibility index (Phi) is 10.1. The molecule has 6 rings (SSSR count). The van der Waals surface area contributed by atoms with E-state index in [9.17, 15) is 0 Å². The van der Waals surface area contributed by atoms with Crippen LogP contribution >= 0.6 is 7.92 Å². The van der Waals surface area contributed by atoms with E-state index in [2.05, 4.69) is 186 Å². The van der Waals surface area contributed by atoms with Crippen LogP contribution in [0.25, 0.3) is 32.7 Å². The largest absolute Gasteiger partial charge is 0.496 e. The van der Waals surface area contributed by atoms with E-state index >= 15 is 0 Å². The maximum Gasteiger partial charge on any atom is 0.126 e. The van der Waals surface area contributed by atoms with E-state index in [1.807, 2.05) is 14.2 Å². The normalized spacial score (nSPS) is 12.9. The van der Waals surface area contributed by atoms with Crippen molar-refractivity contribution in [1.82, 2.24) is 0 Å². The quantitative estimate of drug-likeness (QED) is 0.159. The van der Waals surface area contributed by atoms with E-state index in [-0.39, 0.29) is 21.7 Å². The van der Waals surface area contributed by atoms with Crippen molar-refractivity contribution in [2.45, 2.75) is 105 Å². The average molecular weight is 723 g/mol. The summed E-state index contributed by atoms with van der Waals surface area (Å²) in [5.41, 5.74) is 6.96. The molecule has 0 radical (unpaired) electrons. The van der Waals surface area contributed by atoms with Gasteiger partial charge < -0.3 is 9.47 Å². The van der Waals surface area contributed by atoms with Gasteiger partial charge in [0.25, 0.3) is 0 Å². The van der Waals surface area contributed by atoms with Gasteiger partial charge in [-0.1, -0.05) is 162 Å². The summed E-state index contributed by atoms with van der Waals surface area (Å²) in [6.07, 6.45) is 0. The van der Waals surface area contributed by atoms with E-state index in [0.717, 1.165) is 11.5 Å². The lowest BCUT2D eigenvalue weighted by atomic mass is 9.79. The van der Waals surface area contributed by atoms with Gasteiger partial charge in [-0.05, 0) is 102 Å². The molecule has 6 aromatic rings. The molecule has 53 heavy (non-hydrogen) atoms. The summed E-state index contributed by atoms with van der Waals surface area (Å²) >= 11 is 0. The predicted octanol–water partition coefficient (Wildman–Crippen LogP) is 12.6. The third-order valence-corrected chi connectivity index (χ3v) is 12.9. The third kappa shape index (κ3) is 7.37. The Labute approximate surface area is 320 Å². The Hall–Kier alpha value is -4.13. The lowest BCUT2D eigenvalue weighted by Gasteiger charge is -2.34. The lowest BCUT2D eigenvalue weighted by molar-refractivity contribution is 0.381. The molecule has 0 fully saturated rings. The van der Waals surface area contributed by atoms with E-state index in [1.165, 1.54) is 70.8 Å². The van der Waals surface area contributed by atoms with Gasteiger partial charge in [0.05, 0.1) is 14.2 Å². The number of methoxy groups -OCH3 is 2. The number of benzene rings is 6. The van der Waals surface area contributed by atoms with Gasteiger partial charge in [-0.25, -0.2) is 0 Å². The van der Waals surface area contributed by atoms with Gasteiger partial charge in [0.2, 0.25) is 0 Å². The fraction of sp³-hybridized carbons (Fsp3) is 0.360. The minimum Gasteiger partial charge on any atom is -0.496 e. The molecule has 6 aromatic carbocycles. The van der Waals surface area contributed by atoms with Gasteiger partial charge in [0.1, 0.15) is 11.5 Å². The van der Waals surface area contributed by atoms with Crippen LogP contribution in [0.4, 0.5) is 0 Å². The number of fused-ring (bicyclic) bond motifs is 2. The summed E-state index contributed by atoms with van der Waals surface area (Å²) in [5.74, 6) is 1.99. The molecule has 0 bridgehead atoms. The zero-order valence-electron chi connectivity index (χ0n) is 34.6. The molecular weight excluding hydrogens is 664 g/mol. The Morgan fingerprint density at radius 2 is 0.792 bits per heavy atom. The minimum atomic E-state index is -1.12. The first-order valence-corrected chi connectivity index (χ1v) is 20.4. The number of ether oxygens (including phenoxy) is 2. The van der Waals surface area contributed by atoms with Crippen LogP contribution in [0.3, 0.4) is 0 Å². The topological polar surface area (TPSA) is 18.5 Å². The molecule has 0 atom stereocenters. The molecule has 0 aromatic heterocycles. The highest BCUT2D eigenvalue weighted by molar-refractivity contribution is 7.80. The molecule has 0 aliphatic heterocycles. The van der Waals surface area contributed by atoms with E-state index in [1.54, 1.807) is 0 Å². The molecule has 3 heteroatoms. The third-order valence-electron chi connectivity index (χ3n) is 10.5. The SMILES string of the molecule is COc1c(C(C)(C)C)cc(P(c2cc(C(C)(C)C)c(OC)c(C(C)(C)C)c2)c2ccc3ccccc3c2-c2cccc3ccccc23)cc1C(C)(C)C. The molecule has 276 valence electrons. The Balaban J connectivity index is 1.87. The molecule has 0 heterocycles. The second-order valence-corrected chi connectivity index (χ2v) is 20.9. The van der Waals surface area contributed by atoms with Crippen molar-refractivity contribution in [3.63, 3.8) is 0 Å². The summed E-state index contributed by atoms with van der Waals surface area (Å²) in [5, 5.41) is 9.05. The highest BCUT2D eigenvalue weighted by Gasteiger charge is 2.34. The van der Waals surface area contributed by atoms with Crippen molar-refractivity contribution in [3.05, 3.63) is 125 Å². The van der Waals surface area contributed by atoms with Gasteiger partial charge in [0.15, 0.2) is 0 Å². The van der Waals surface area contributed by atoms with Crippen molar-refractivity contribution >= 4 is 45.4 Å². The van der Waals surface area contributed by atoms with E-state index in [4.69, 9.17) is 9.47 Å². The molecule has 0 spiro atoms. The molecule has 0 unspecified atom stereocenters. The van der Waals surface area contributed by atoms with Crippen LogP contribution in [0.15, 0.2) is 103 Å². The molecule has 0 saturated carbocycles. The summed E-state index contributed by atoms with van der Waals surface area (Å²) < 4.78 is 12.6. The fourth-order valence-electron chi connectivity index (χ4n) is 7.75.